The highest BCUT2D eigenvalue weighted by Gasteiger charge is 2.04. The Hall–Kier alpha value is 0.240. The number of hydrogen-bond donors (Lipinski definition) is 0. The molecule has 1 rings (SSSR count). The van der Waals surface area contributed by atoms with E-state index in [0.29, 0.717) is 5.02 Å². The lowest BCUT2D eigenvalue weighted by Crippen LogP contribution is -2.20. The van der Waals surface area contributed by atoms with E-state index >= 15 is 0 Å². The molecule has 0 amide bonds. The summed E-state index contributed by atoms with van der Waals surface area (Å²) in [5.41, 5.74) is 1.11. The fourth-order valence-corrected chi connectivity index (χ4v) is 2.24. The van der Waals surface area contributed by atoms with Crippen molar-refractivity contribution in [1.82, 2.24) is 4.90 Å². The molecular weight excluding hydrogens is 285 g/mol. The lowest BCUT2D eigenvalue weighted by molar-refractivity contribution is 0.349. The van der Waals surface area contributed by atoms with Gasteiger partial charge < -0.3 is 4.90 Å². The first-order chi connectivity index (χ1) is 6.63. The smallest absolute Gasteiger partial charge is 0.0465 e. The molecule has 1 nitrogen and oxygen atoms in total. The summed E-state index contributed by atoms with van der Waals surface area (Å²) in [5, 5.41) is 2.38. The molecule has 0 unspecified atom stereocenters. The summed E-state index contributed by atoms with van der Waals surface area (Å²) in [4.78, 5) is 2.20. The van der Waals surface area contributed by atoms with E-state index in [1.54, 1.807) is 6.07 Å². The Bertz CT molecular complexity index is 304. The highest BCUT2D eigenvalue weighted by atomic mass is 79.9. The maximum absolute atomic E-state index is 6.05. The van der Waals surface area contributed by atoms with Gasteiger partial charge in [-0.15, -0.1) is 0 Å². The Kier molecular flexibility index (Phi) is 5.24. The molecule has 0 aromatic heterocycles. The topological polar surface area (TPSA) is 3.24 Å². The third kappa shape index (κ3) is 3.77. The molecule has 0 aliphatic carbocycles. The van der Waals surface area contributed by atoms with E-state index in [-0.39, 0.29) is 0 Å². The van der Waals surface area contributed by atoms with Crippen LogP contribution in [0.3, 0.4) is 0 Å². The summed E-state index contributed by atoms with van der Waals surface area (Å²) in [7, 11) is 2.06. The SMILES string of the molecule is CN(CCBr)Cc1ccc(Cl)cc1Cl. The van der Waals surface area contributed by atoms with Crippen LogP contribution in [0.1, 0.15) is 5.56 Å². The van der Waals surface area contributed by atoms with Crippen molar-refractivity contribution >= 4 is 39.1 Å². The number of nitrogens with zero attached hydrogens (tertiary/aromatic N) is 1. The fourth-order valence-electron chi connectivity index (χ4n) is 1.16. The van der Waals surface area contributed by atoms with Gasteiger partial charge >= 0.3 is 0 Å². The molecule has 4 heteroatoms. The van der Waals surface area contributed by atoms with Crippen molar-refractivity contribution in [3.8, 4) is 0 Å². The van der Waals surface area contributed by atoms with Crippen molar-refractivity contribution in [2.75, 3.05) is 18.9 Å². The standard InChI is InChI=1S/C10H12BrCl2N/c1-14(5-4-11)7-8-2-3-9(12)6-10(8)13/h2-3,6H,4-5,7H2,1H3. The Morgan fingerprint density at radius 1 is 1.36 bits per heavy atom. The van der Waals surface area contributed by atoms with Gasteiger partial charge in [0.25, 0.3) is 0 Å². The van der Waals surface area contributed by atoms with Gasteiger partial charge in [0, 0.05) is 28.5 Å². The highest BCUT2D eigenvalue weighted by Crippen LogP contribution is 2.21. The molecule has 0 aliphatic heterocycles. The van der Waals surface area contributed by atoms with Gasteiger partial charge in [-0.3, -0.25) is 0 Å². The van der Waals surface area contributed by atoms with Crippen LogP contribution in [0.4, 0.5) is 0 Å². The van der Waals surface area contributed by atoms with Crippen molar-refractivity contribution < 1.29 is 0 Å². The molecule has 14 heavy (non-hydrogen) atoms. The quantitative estimate of drug-likeness (QED) is 0.764. The van der Waals surface area contributed by atoms with Gasteiger partial charge in [-0.05, 0) is 24.7 Å². The zero-order valence-electron chi connectivity index (χ0n) is 7.93. The number of rotatable bonds is 4. The summed E-state index contributed by atoms with van der Waals surface area (Å²) < 4.78 is 0. The second kappa shape index (κ2) is 5.96. The number of benzene rings is 1. The Morgan fingerprint density at radius 2 is 2.07 bits per heavy atom. The predicted molar refractivity (Wildman–Crippen MR) is 66.6 cm³/mol. The molecule has 0 saturated heterocycles. The molecule has 0 spiro atoms. The number of alkyl halides is 1. The monoisotopic (exact) mass is 295 g/mol. The van der Waals surface area contributed by atoms with Gasteiger partial charge in [-0.25, -0.2) is 0 Å². The van der Waals surface area contributed by atoms with E-state index in [2.05, 4.69) is 27.9 Å². The first-order valence-electron chi connectivity index (χ1n) is 4.32. The average molecular weight is 297 g/mol. The number of hydrogen-bond acceptors (Lipinski definition) is 1. The largest absolute Gasteiger partial charge is 0.301 e. The van der Waals surface area contributed by atoms with Crippen LogP contribution in [0.5, 0.6) is 0 Å². The van der Waals surface area contributed by atoms with Gasteiger partial charge in [-0.1, -0.05) is 45.2 Å². The summed E-state index contributed by atoms with van der Waals surface area (Å²) >= 11 is 15.3. The fraction of sp³-hybridized carbons (Fsp3) is 0.400. The minimum Gasteiger partial charge on any atom is -0.301 e. The van der Waals surface area contributed by atoms with E-state index in [9.17, 15) is 0 Å². The van der Waals surface area contributed by atoms with Crippen molar-refractivity contribution in [1.29, 1.82) is 0 Å². The molecule has 0 fully saturated rings. The Morgan fingerprint density at radius 3 is 2.64 bits per heavy atom. The van der Waals surface area contributed by atoms with Crippen molar-refractivity contribution in [2.45, 2.75) is 6.54 Å². The molecule has 78 valence electrons. The minimum absolute atomic E-state index is 0.682. The average Bonchev–Trinajstić information content (AvgIpc) is 2.10. The predicted octanol–water partition coefficient (Wildman–Crippen LogP) is 3.82. The van der Waals surface area contributed by atoms with Gasteiger partial charge in [0.05, 0.1) is 0 Å². The number of halogens is 3. The second-order valence-corrected chi connectivity index (χ2v) is 4.80. The molecule has 0 atom stereocenters. The lowest BCUT2D eigenvalue weighted by atomic mass is 10.2. The van der Waals surface area contributed by atoms with Crippen LogP contribution in [-0.4, -0.2) is 23.8 Å². The molecule has 0 heterocycles. The van der Waals surface area contributed by atoms with Gasteiger partial charge in [0.2, 0.25) is 0 Å². The second-order valence-electron chi connectivity index (χ2n) is 3.16. The first kappa shape index (κ1) is 12.3. The van der Waals surface area contributed by atoms with E-state index in [4.69, 9.17) is 23.2 Å². The third-order valence-corrected chi connectivity index (χ3v) is 2.86. The van der Waals surface area contributed by atoms with Crippen LogP contribution >= 0.6 is 39.1 Å². The van der Waals surface area contributed by atoms with Crippen LogP contribution in [0.15, 0.2) is 18.2 Å². The first-order valence-corrected chi connectivity index (χ1v) is 6.19. The van der Waals surface area contributed by atoms with E-state index < -0.39 is 0 Å². The molecule has 1 aromatic carbocycles. The molecular formula is C10H12BrCl2N. The summed E-state index contributed by atoms with van der Waals surface area (Å²) in [6.07, 6.45) is 0. The van der Waals surface area contributed by atoms with Crippen LogP contribution in [0.25, 0.3) is 0 Å². The normalized spacial score (nSPS) is 10.9. The van der Waals surface area contributed by atoms with Gasteiger partial charge in [-0.2, -0.15) is 0 Å². The highest BCUT2D eigenvalue weighted by molar-refractivity contribution is 9.09. The van der Waals surface area contributed by atoms with E-state index in [1.807, 2.05) is 12.1 Å². The van der Waals surface area contributed by atoms with Crippen LogP contribution in [0.2, 0.25) is 10.0 Å². The van der Waals surface area contributed by atoms with Gasteiger partial charge in [0.15, 0.2) is 0 Å². The van der Waals surface area contributed by atoms with Crippen molar-refractivity contribution in [2.24, 2.45) is 0 Å². The van der Waals surface area contributed by atoms with Crippen molar-refractivity contribution in [3.63, 3.8) is 0 Å². The zero-order chi connectivity index (χ0) is 10.6. The van der Waals surface area contributed by atoms with E-state index in [0.717, 1.165) is 29.0 Å². The molecule has 0 bridgehead atoms. The van der Waals surface area contributed by atoms with Gasteiger partial charge in [0.1, 0.15) is 0 Å². The van der Waals surface area contributed by atoms with Crippen molar-refractivity contribution in [3.05, 3.63) is 33.8 Å². The maximum Gasteiger partial charge on any atom is 0.0465 e. The van der Waals surface area contributed by atoms with Crippen LogP contribution in [-0.2, 0) is 6.54 Å². The third-order valence-electron chi connectivity index (χ3n) is 1.92. The molecule has 0 N–H and O–H groups in total. The molecule has 0 saturated carbocycles. The van der Waals surface area contributed by atoms with E-state index in [1.165, 1.54) is 0 Å². The Labute approximate surface area is 103 Å². The summed E-state index contributed by atoms with van der Waals surface area (Å²) in [6, 6.07) is 5.61. The lowest BCUT2D eigenvalue weighted by Gasteiger charge is -2.15. The molecule has 0 radical (unpaired) electrons. The van der Waals surface area contributed by atoms with Crippen LogP contribution in [0, 0.1) is 0 Å². The summed E-state index contributed by atoms with van der Waals surface area (Å²) in [5.74, 6) is 0. The summed E-state index contributed by atoms with van der Waals surface area (Å²) in [6.45, 7) is 1.85. The maximum atomic E-state index is 6.05. The van der Waals surface area contributed by atoms with Crippen LogP contribution < -0.4 is 0 Å². The molecule has 1 aromatic rings. The molecule has 0 aliphatic rings. The zero-order valence-corrected chi connectivity index (χ0v) is 11.0. The minimum atomic E-state index is 0.682. The Balaban J connectivity index is 2.67.